The van der Waals surface area contributed by atoms with Gasteiger partial charge in [-0.2, -0.15) is 5.10 Å². The number of hydrogen-bond acceptors (Lipinski definition) is 5. The van der Waals surface area contributed by atoms with E-state index in [1.54, 1.807) is 23.5 Å². The fourth-order valence-corrected chi connectivity index (χ4v) is 5.80. The molecule has 0 bridgehead atoms. The molecular formula is C22H26N2O2S2. The summed E-state index contributed by atoms with van der Waals surface area (Å²) in [6, 6.07) is 12.1. The first kappa shape index (κ1) is 19.5. The van der Waals surface area contributed by atoms with Crippen molar-refractivity contribution >= 4 is 34.7 Å². The van der Waals surface area contributed by atoms with E-state index in [4.69, 9.17) is 9.84 Å². The van der Waals surface area contributed by atoms with Crippen LogP contribution in [0, 0.1) is 0 Å². The van der Waals surface area contributed by atoms with Gasteiger partial charge in [-0.05, 0) is 42.0 Å². The predicted molar refractivity (Wildman–Crippen MR) is 117 cm³/mol. The maximum atomic E-state index is 13.1. The van der Waals surface area contributed by atoms with Crippen molar-refractivity contribution in [1.82, 2.24) is 5.01 Å². The Morgan fingerprint density at radius 3 is 2.68 bits per heavy atom. The number of hydrazone groups is 1. The van der Waals surface area contributed by atoms with E-state index in [9.17, 15) is 4.79 Å². The summed E-state index contributed by atoms with van der Waals surface area (Å²) in [7, 11) is 1.67. The van der Waals surface area contributed by atoms with Crippen LogP contribution < -0.4 is 4.74 Å². The van der Waals surface area contributed by atoms with Crippen LogP contribution in [0.5, 0.6) is 5.75 Å². The van der Waals surface area contributed by atoms with E-state index in [1.807, 2.05) is 42.1 Å². The molecule has 2 heterocycles. The van der Waals surface area contributed by atoms with Crippen LogP contribution in [0.2, 0.25) is 0 Å². The molecule has 0 N–H and O–H groups in total. The van der Waals surface area contributed by atoms with Crippen LogP contribution in [0.3, 0.4) is 0 Å². The highest BCUT2D eigenvalue weighted by molar-refractivity contribution is 8.00. The minimum Gasteiger partial charge on any atom is -0.497 e. The van der Waals surface area contributed by atoms with Crippen LogP contribution in [-0.4, -0.2) is 34.7 Å². The average molecular weight is 415 g/mol. The zero-order chi connectivity index (χ0) is 19.3. The molecule has 1 fully saturated rings. The Labute approximate surface area is 175 Å². The number of amides is 1. The minimum absolute atomic E-state index is 0.0394. The van der Waals surface area contributed by atoms with Gasteiger partial charge in [0.2, 0.25) is 0 Å². The second-order valence-electron chi connectivity index (χ2n) is 7.33. The summed E-state index contributed by atoms with van der Waals surface area (Å²) < 4.78 is 5.28. The van der Waals surface area contributed by atoms with E-state index in [1.165, 1.54) is 32.1 Å². The zero-order valence-electron chi connectivity index (χ0n) is 16.2. The monoisotopic (exact) mass is 414 g/mol. The average Bonchev–Trinajstić information content (AvgIpc) is 3.43. The number of thioether (sulfide) groups is 1. The van der Waals surface area contributed by atoms with Gasteiger partial charge in [-0.1, -0.05) is 37.5 Å². The summed E-state index contributed by atoms with van der Waals surface area (Å²) in [5.74, 6) is 1.45. The first-order valence-electron chi connectivity index (χ1n) is 9.93. The molecule has 1 unspecified atom stereocenters. The number of hydrogen-bond donors (Lipinski definition) is 0. The van der Waals surface area contributed by atoms with Crippen LogP contribution in [0.4, 0.5) is 0 Å². The zero-order valence-corrected chi connectivity index (χ0v) is 17.8. The molecule has 1 aromatic carbocycles. The number of rotatable bonds is 6. The summed E-state index contributed by atoms with van der Waals surface area (Å²) in [6.45, 7) is 0. The molecule has 1 atom stereocenters. The Morgan fingerprint density at radius 2 is 2.00 bits per heavy atom. The van der Waals surface area contributed by atoms with E-state index < -0.39 is 0 Å². The van der Waals surface area contributed by atoms with Crippen molar-refractivity contribution in [3.63, 3.8) is 0 Å². The molecule has 1 aliphatic carbocycles. The SMILES string of the molecule is COc1ccc(C2CC(c3cccs3)=NN2C(=O)CSC2CCCCC2)cc1. The highest BCUT2D eigenvalue weighted by Gasteiger charge is 2.33. The second-order valence-corrected chi connectivity index (χ2v) is 9.56. The fourth-order valence-electron chi connectivity index (χ4n) is 3.90. The summed E-state index contributed by atoms with van der Waals surface area (Å²) in [5, 5.41) is 9.17. The fraction of sp³-hybridized carbons (Fsp3) is 0.455. The van der Waals surface area contributed by atoms with Crippen LogP contribution in [0.15, 0.2) is 46.9 Å². The van der Waals surface area contributed by atoms with Gasteiger partial charge in [0.05, 0.1) is 29.5 Å². The first-order chi connectivity index (χ1) is 13.7. The van der Waals surface area contributed by atoms with Gasteiger partial charge in [0.25, 0.3) is 5.91 Å². The van der Waals surface area contributed by atoms with Gasteiger partial charge in [0.1, 0.15) is 5.75 Å². The Kier molecular flexibility index (Phi) is 6.37. The van der Waals surface area contributed by atoms with E-state index in [-0.39, 0.29) is 11.9 Å². The van der Waals surface area contributed by atoms with Gasteiger partial charge in [-0.3, -0.25) is 4.79 Å². The number of nitrogens with zero attached hydrogens (tertiary/aromatic N) is 2. The molecule has 4 rings (SSSR count). The molecule has 1 saturated carbocycles. The van der Waals surface area contributed by atoms with Gasteiger partial charge in [-0.25, -0.2) is 5.01 Å². The summed E-state index contributed by atoms with van der Waals surface area (Å²) in [6.07, 6.45) is 7.17. The smallest absolute Gasteiger partial charge is 0.253 e. The lowest BCUT2D eigenvalue weighted by molar-refractivity contribution is -0.130. The molecule has 6 heteroatoms. The highest BCUT2D eigenvalue weighted by Crippen LogP contribution is 2.36. The van der Waals surface area contributed by atoms with Gasteiger partial charge in [0.15, 0.2) is 0 Å². The third kappa shape index (κ3) is 4.44. The number of carbonyl (C=O) groups excluding carboxylic acids is 1. The molecule has 1 aromatic heterocycles. The van der Waals surface area contributed by atoms with Crippen molar-refractivity contribution < 1.29 is 9.53 Å². The van der Waals surface area contributed by atoms with Crippen LogP contribution in [0.25, 0.3) is 0 Å². The number of thiophene rings is 1. The third-order valence-electron chi connectivity index (χ3n) is 5.47. The predicted octanol–water partition coefficient (Wildman–Crippen LogP) is 5.50. The van der Waals surface area contributed by atoms with Crippen molar-refractivity contribution in [2.75, 3.05) is 12.9 Å². The lowest BCUT2D eigenvalue weighted by atomic mass is 10.0. The number of ether oxygens (including phenoxy) is 1. The molecule has 28 heavy (non-hydrogen) atoms. The quantitative estimate of drug-likeness (QED) is 0.627. The first-order valence-corrected chi connectivity index (χ1v) is 11.9. The van der Waals surface area contributed by atoms with Gasteiger partial charge in [-0.15, -0.1) is 23.1 Å². The minimum atomic E-state index is -0.0394. The molecule has 0 spiro atoms. The lowest BCUT2D eigenvalue weighted by Gasteiger charge is -2.24. The van der Waals surface area contributed by atoms with E-state index in [0.29, 0.717) is 11.0 Å². The lowest BCUT2D eigenvalue weighted by Crippen LogP contribution is -2.29. The van der Waals surface area contributed by atoms with Gasteiger partial charge in [0, 0.05) is 11.7 Å². The maximum absolute atomic E-state index is 13.1. The topological polar surface area (TPSA) is 41.9 Å². The van der Waals surface area contributed by atoms with E-state index >= 15 is 0 Å². The maximum Gasteiger partial charge on any atom is 0.253 e. The molecule has 4 nitrogen and oxygen atoms in total. The number of carbonyl (C=O) groups is 1. The number of methoxy groups -OCH3 is 1. The molecule has 0 radical (unpaired) electrons. The van der Waals surface area contributed by atoms with Crippen LogP contribution >= 0.6 is 23.1 Å². The van der Waals surface area contributed by atoms with Gasteiger partial charge >= 0.3 is 0 Å². The van der Waals surface area contributed by atoms with Crippen molar-refractivity contribution in [3.8, 4) is 5.75 Å². The molecular weight excluding hydrogens is 388 g/mol. The highest BCUT2D eigenvalue weighted by atomic mass is 32.2. The van der Waals surface area contributed by atoms with Crippen molar-refractivity contribution in [2.45, 2.75) is 49.8 Å². The number of benzene rings is 1. The van der Waals surface area contributed by atoms with Gasteiger partial charge < -0.3 is 4.74 Å². The molecule has 1 amide bonds. The van der Waals surface area contributed by atoms with E-state index in [2.05, 4.69) is 11.4 Å². The van der Waals surface area contributed by atoms with Crippen LogP contribution in [0.1, 0.15) is 55.0 Å². The van der Waals surface area contributed by atoms with Crippen molar-refractivity contribution in [1.29, 1.82) is 0 Å². The Bertz CT molecular complexity index is 812. The summed E-state index contributed by atoms with van der Waals surface area (Å²) in [4.78, 5) is 14.2. The summed E-state index contributed by atoms with van der Waals surface area (Å²) in [5.41, 5.74) is 2.11. The summed E-state index contributed by atoms with van der Waals surface area (Å²) >= 11 is 3.50. The van der Waals surface area contributed by atoms with Crippen molar-refractivity contribution in [3.05, 3.63) is 52.2 Å². The van der Waals surface area contributed by atoms with Crippen molar-refractivity contribution in [2.24, 2.45) is 5.10 Å². The second kappa shape index (κ2) is 9.14. The largest absolute Gasteiger partial charge is 0.497 e. The van der Waals surface area contributed by atoms with Crippen LogP contribution in [-0.2, 0) is 4.79 Å². The third-order valence-corrected chi connectivity index (χ3v) is 7.74. The molecule has 1 aliphatic heterocycles. The Balaban J connectivity index is 1.51. The molecule has 0 saturated heterocycles. The molecule has 148 valence electrons. The standard InChI is InChI=1S/C22H26N2O2S2/c1-26-17-11-9-16(10-12-17)20-14-19(21-8-5-13-27-21)23-24(20)22(25)15-28-18-6-3-2-4-7-18/h5,8-13,18,20H,2-4,6-7,14-15H2,1H3. The Morgan fingerprint density at radius 1 is 1.21 bits per heavy atom. The molecule has 2 aromatic rings. The van der Waals surface area contributed by atoms with E-state index in [0.717, 1.165) is 28.3 Å². The normalized spacial score (nSPS) is 20.2. The Hall–Kier alpha value is -1.79. The molecule has 2 aliphatic rings.